The number of benzene rings is 1. The summed E-state index contributed by atoms with van der Waals surface area (Å²) >= 11 is 0. The number of hydrogen-bond donors (Lipinski definition) is 8. The minimum atomic E-state index is -1.61. The maximum Gasteiger partial charge on any atom is 0.251 e. The van der Waals surface area contributed by atoms with Crippen molar-refractivity contribution in [2.75, 3.05) is 13.2 Å². The van der Waals surface area contributed by atoms with Crippen molar-refractivity contribution in [3.63, 3.8) is 0 Å². The lowest BCUT2D eigenvalue weighted by Gasteiger charge is -2.39. The summed E-state index contributed by atoms with van der Waals surface area (Å²) < 4.78 is 10.9. The van der Waals surface area contributed by atoms with Crippen LogP contribution in [0, 0.1) is 5.92 Å². The number of likely N-dealkylation sites (tertiary alicyclic amines) is 1. The highest BCUT2D eigenvalue weighted by Crippen LogP contribution is 2.25. The van der Waals surface area contributed by atoms with Crippen LogP contribution in [0.5, 0.6) is 5.75 Å². The van der Waals surface area contributed by atoms with E-state index in [0.29, 0.717) is 25.0 Å². The average Bonchev–Trinajstić information content (AvgIpc) is 3.73. The zero-order valence-corrected chi connectivity index (χ0v) is 25.6. The number of aromatic nitrogens is 2. The molecule has 2 aromatic rings. The molecule has 1 aromatic heterocycles. The van der Waals surface area contributed by atoms with Crippen LogP contribution in [0.2, 0.25) is 0 Å². The number of rotatable bonds is 13. The van der Waals surface area contributed by atoms with Gasteiger partial charge in [-0.1, -0.05) is 13.8 Å². The summed E-state index contributed by atoms with van der Waals surface area (Å²) in [5.41, 5.74) is 6.24. The number of aliphatic hydroxyl groups excluding tert-OH is 4. The van der Waals surface area contributed by atoms with Gasteiger partial charge in [0.15, 0.2) is 0 Å². The lowest BCUT2D eigenvalue weighted by atomic mass is 9.99. The van der Waals surface area contributed by atoms with Gasteiger partial charge in [0.05, 0.1) is 12.9 Å². The summed E-state index contributed by atoms with van der Waals surface area (Å²) in [4.78, 5) is 60.6. The molecular weight excluding hydrogens is 604 g/mol. The first kappa shape index (κ1) is 34.8. The van der Waals surface area contributed by atoms with Crippen LogP contribution in [-0.2, 0) is 25.5 Å². The molecule has 0 aliphatic carbocycles. The van der Waals surface area contributed by atoms with E-state index in [0.717, 1.165) is 0 Å². The molecule has 252 valence electrons. The van der Waals surface area contributed by atoms with E-state index in [4.69, 9.17) is 15.2 Å². The Balaban J connectivity index is 1.45. The number of imidazole rings is 1. The molecule has 9 N–H and O–H groups in total. The third kappa shape index (κ3) is 8.38. The molecule has 16 nitrogen and oxygen atoms in total. The molecule has 0 bridgehead atoms. The van der Waals surface area contributed by atoms with Gasteiger partial charge in [-0.05, 0) is 49.4 Å². The van der Waals surface area contributed by atoms with Crippen LogP contribution in [0.3, 0.4) is 0 Å². The predicted molar refractivity (Wildman–Crippen MR) is 160 cm³/mol. The van der Waals surface area contributed by atoms with E-state index in [2.05, 4.69) is 20.6 Å². The van der Waals surface area contributed by atoms with Crippen LogP contribution >= 0.6 is 0 Å². The monoisotopic (exact) mass is 646 g/mol. The Bertz CT molecular complexity index is 1340. The number of aromatic amines is 1. The second-order valence-electron chi connectivity index (χ2n) is 11.9. The summed E-state index contributed by atoms with van der Waals surface area (Å²) in [5, 5.41) is 45.0. The first-order valence-electron chi connectivity index (χ1n) is 15.1. The van der Waals surface area contributed by atoms with Crippen LogP contribution in [0.4, 0.5) is 0 Å². The number of hydrogen-bond acceptors (Lipinski definition) is 11. The number of aliphatic hydroxyl groups is 4. The molecule has 16 heteroatoms. The molecule has 2 fully saturated rings. The molecule has 0 unspecified atom stereocenters. The predicted octanol–water partition coefficient (Wildman–Crippen LogP) is -2.06. The highest BCUT2D eigenvalue weighted by molar-refractivity contribution is 5.99. The third-order valence-electron chi connectivity index (χ3n) is 8.01. The fraction of sp³-hybridized carbons (Fsp3) is 0.567. The normalized spacial score (nSPS) is 25.9. The second-order valence-corrected chi connectivity index (χ2v) is 11.9. The van der Waals surface area contributed by atoms with E-state index in [1.54, 1.807) is 0 Å². The van der Waals surface area contributed by atoms with Crippen molar-refractivity contribution in [3.05, 3.63) is 48.0 Å². The van der Waals surface area contributed by atoms with Gasteiger partial charge in [0, 0.05) is 30.4 Å². The van der Waals surface area contributed by atoms with Crippen molar-refractivity contribution >= 4 is 23.6 Å². The van der Waals surface area contributed by atoms with Crippen molar-refractivity contribution in [2.45, 2.75) is 88.4 Å². The van der Waals surface area contributed by atoms with Crippen molar-refractivity contribution in [1.29, 1.82) is 0 Å². The number of ether oxygens (including phenoxy) is 2. The molecule has 8 atom stereocenters. The van der Waals surface area contributed by atoms with E-state index in [-0.39, 0.29) is 30.2 Å². The average molecular weight is 647 g/mol. The fourth-order valence-corrected chi connectivity index (χ4v) is 5.53. The number of H-pyrrole nitrogens is 1. The van der Waals surface area contributed by atoms with Crippen molar-refractivity contribution in [2.24, 2.45) is 11.7 Å². The van der Waals surface area contributed by atoms with Gasteiger partial charge >= 0.3 is 0 Å². The molecule has 2 aliphatic rings. The van der Waals surface area contributed by atoms with E-state index in [1.807, 2.05) is 13.8 Å². The highest BCUT2D eigenvalue weighted by atomic mass is 16.7. The quantitative estimate of drug-likeness (QED) is 0.117. The molecule has 0 radical (unpaired) electrons. The molecule has 4 rings (SSSR count). The summed E-state index contributed by atoms with van der Waals surface area (Å²) in [5.74, 6) is -1.97. The molecule has 3 heterocycles. The number of nitrogens with one attached hydrogen (secondary N) is 3. The first-order valence-corrected chi connectivity index (χ1v) is 15.1. The topological polar surface area (TPSA) is 250 Å². The van der Waals surface area contributed by atoms with Gasteiger partial charge in [0.25, 0.3) is 5.91 Å². The minimum Gasteiger partial charge on any atom is -0.462 e. The van der Waals surface area contributed by atoms with Gasteiger partial charge in [-0.25, -0.2) is 4.98 Å². The molecule has 46 heavy (non-hydrogen) atoms. The zero-order chi connectivity index (χ0) is 33.5. The van der Waals surface area contributed by atoms with Crippen molar-refractivity contribution in [3.8, 4) is 5.75 Å². The van der Waals surface area contributed by atoms with Gasteiger partial charge in [-0.15, -0.1) is 0 Å². The Morgan fingerprint density at radius 3 is 2.41 bits per heavy atom. The van der Waals surface area contributed by atoms with E-state index in [1.165, 1.54) is 41.7 Å². The number of primary amides is 1. The van der Waals surface area contributed by atoms with Crippen LogP contribution in [0.1, 0.15) is 49.2 Å². The fourth-order valence-electron chi connectivity index (χ4n) is 5.53. The smallest absolute Gasteiger partial charge is 0.251 e. The summed E-state index contributed by atoms with van der Waals surface area (Å²) in [6.07, 6.45) is -3.00. The molecule has 1 aromatic carbocycles. The van der Waals surface area contributed by atoms with Gasteiger partial charge in [0.2, 0.25) is 24.0 Å². The maximum atomic E-state index is 13.8. The molecule has 2 saturated heterocycles. The standard InChI is InChI=1S/C30H42N6O10/c1-15(2)10-19(26(31)41)34-28(43)21-4-3-9-36(21)29(44)20(11-17-12-32-14-33-17)35-27(42)16-5-7-18(8-6-16)45-30-25(40)24(39)23(38)22(13-37)46-30/h5-8,12,14-15,19-25,30,37-40H,3-4,9-11,13H2,1-2H3,(H2,31,41)(H,32,33)(H,34,43)(H,35,42)/t19-,20-,21-,22+,23-,24-,25+,30+/m0/s1. The van der Waals surface area contributed by atoms with Gasteiger partial charge in [0.1, 0.15) is 48.3 Å². The van der Waals surface area contributed by atoms with Gasteiger partial charge in [-0.2, -0.15) is 0 Å². The Labute approximate surface area is 265 Å². The zero-order valence-electron chi connectivity index (χ0n) is 25.6. The van der Waals surface area contributed by atoms with Crippen molar-refractivity contribution in [1.82, 2.24) is 25.5 Å². The summed E-state index contributed by atoms with van der Waals surface area (Å²) in [7, 11) is 0. The van der Waals surface area contributed by atoms with Crippen LogP contribution < -0.4 is 21.1 Å². The van der Waals surface area contributed by atoms with Gasteiger partial charge < -0.3 is 56.2 Å². The second kappa shape index (κ2) is 15.5. The number of amides is 4. The van der Waals surface area contributed by atoms with E-state index < -0.39 is 79.1 Å². The summed E-state index contributed by atoms with van der Waals surface area (Å²) in [6.45, 7) is 3.47. The van der Waals surface area contributed by atoms with Gasteiger partial charge in [-0.3, -0.25) is 19.2 Å². The van der Waals surface area contributed by atoms with E-state index in [9.17, 15) is 39.6 Å². The number of carbonyl (C=O) groups is 4. The first-order chi connectivity index (χ1) is 21.9. The summed E-state index contributed by atoms with van der Waals surface area (Å²) in [6, 6.07) is 2.85. The molecular formula is C30H42N6O10. The van der Waals surface area contributed by atoms with E-state index >= 15 is 0 Å². The molecule has 0 spiro atoms. The highest BCUT2D eigenvalue weighted by Gasteiger charge is 2.45. The lowest BCUT2D eigenvalue weighted by Crippen LogP contribution is -2.60. The maximum absolute atomic E-state index is 13.8. The van der Waals surface area contributed by atoms with Crippen LogP contribution in [0.15, 0.2) is 36.8 Å². The number of carbonyl (C=O) groups excluding carboxylic acids is 4. The van der Waals surface area contributed by atoms with Crippen molar-refractivity contribution < 1.29 is 49.1 Å². The third-order valence-corrected chi connectivity index (χ3v) is 8.01. The SMILES string of the molecule is CC(C)C[C@H](NC(=O)[C@@H]1CCCN1C(=O)[C@H](Cc1cnc[nH]1)NC(=O)c1ccc(O[C@@H]2O[C@H](CO)[C@H](O)[C@H](O)[C@H]2O)cc1)C(N)=O. The Kier molecular flexibility index (Phi) is 11.7. The van der Waals surface area contributed by atoms with Crippen LogP contribution in [0.25, 0.3) is 0 Å². The largest absolute Gasteiger partial charge is 0.462 e. The molecule has 2 aliphatic heterocycles. The Morgan fingerprint density at radius 1 is 1.09 bits per heavy atom. The molecule has 0 saturated carbocycles. The number of nitrogens with zero attached hydrogens (tertiary/aromatic N) is 2. The Hall–Kier alpha value is -4.09. The van der Waals surface area contributed by atoms with Crippen LogP contribution in [-0.4, -0.2) is 121 Å². The minimum absolute atomic E-state index is 0.0605. The Morgan fingerprint density at radius 2 is 1.80 bits per heavy atom. The number of nitrogens with two attached hydrogens (primary N) is 1. The lowest BCUT2D eigenvalue weighted by molar-refractivity contribution is -0.277. The molecule has 4 amide bonds.